The Morgan fingerprint density at radius 2 is 1.55 bits per heavy atom. The summed E-state index contributed by atoms with van der Waals surface area (Å²) in [4.78, 5) is 13.9. The Kier molecular flexibility index (Phi) is 3.27. The van der Waals surface area contributed by atoms with Crippen LogP contribution in [-0.2, 0) is 0 Å². The Labute approximate surface area is 166 Å². The van der Waals surface area contributed by atoms with E-state index >= 15 is 0 Å². The highest BCUT2D eigenvalue weighted by Gasteiger charge is 2.17. The van der Waals surface area contributed by atoms with E-state index < -0.39 is 0 Å². The minimum Gasteiger partial charge on any atom is -0.437 e. The standard InChI is InChI=1S/C25H17N3O/c1-14-12-21-22(17-7-4-3-6-16(14)17)26-13-27-23(21)20-9-5-8-18-19-11-10-15(2)28-25(19)29-24(18)20/h3-13H,1-2H3. The third-order valence-corrected chi connectivity index (χ3v) is 5.61. The molecule has 0 N–H and O–H groups in total. The zero-order valence-corrected chi connectivity index (χ0v) is 16.1. The van der Waals surface area contributed by atoms with Crippen LogP contribution in [0.2, 0.25) is 0 Å². The number of hydrogen-bond acceptors (Lipinski definition) is 4. The molecule has 0 saturated heterocycles. The first-order valence-corrected chi connectivity index (χ1v) is 9.63. The summed E-state index contributed by atoms with van der Waals surface area (Å²) in [6.45, 7) is 4.10. The van der Waals surface area contributed by atoms with Gasteiger partial charge in [-0.05, 0) is 49.1 Å². The Morgan fingerprint density at radius 3 is 2.45 bits per heavy atom. The van der Waals surface area contributed by atoms with E-state index in [2.05, 4.69) is 70.4 Å². The van der Waals surface area contributed by atoms with Crippen LogP contribution in [0.4, 0.5) is 0 Å². The second-order valence-electron chi connectivity index (χ2n) is 7.45. The predicted octanol–water partition coefficient (Wildman–Crippen LogP) is 6.36. The lowest BCUT2D eigenvalue weighted by Crippen LogP contribution is -1.92. The maximum absolute atomic E-state index is 6.21. The van der Waals surface area contributed by atoms with E-state index in [0.29, 0.717) is 5.71 Å². The van der Waals surface area contributed by atoms with Crippen LogP contribution >= 0.6 is 0 Å². The van der Waals surface area contributed by atoms with E-state index in [0.717, 1.165) is 49.6 Å². The summed E-state index contributed by atoms with van der Waals surface area (Å²) < 4.78 is 6.21. The second-order valence-corrected chi connectivity index (χ2v) is 7.45. The van der Waals surface area contributed by atoms with Crippen LogP contribution in [0.15, 0.2) is 71.4 Å². The summed E-state index contributed by atoms with van der Waals surface area (Å²) in [7, 11) is 0. The van der Waals surface area contributed by atoms with E-state index in [1.165, 1.54) is 10.9 Å². The first-order valence-electron chi connectivity index (χ1n) is 9.63. The quantitative estimate of drug-likeness (QED) is 0.314. The van der Waals surface area contributed by atoms with Gasteiger partial charge in [0.1, 0.15) is 11.9 Å². The molecule has 4 nitrogen and oxygen atoms in total. The third-order valence-electron chi connectivity index (χ3n) is 5.61. The van der Waals surface area contributed by atoms with Crippen LogP contribution in [0, 0.1) is 13.8 Å². The molecular weight excluding hydrogens is 358 g/mol. The van der Waals surface area contributed by atoms with Crippen molar-refractivity contribution < 1.29 is 4.42 Å². The predicted molar refractivity (Wildman–Crippen MR) is 117 cm³/mol. The van der Waals surface area contributed by atoms with Crippen LogP contribution in [0.5, 0.6) is 0 Å². The molecule has 0 amide bonds. The molecule has 0 aliphatic rings. The summed E-state index contributed by atoms with van der Waals surface area (Å²) in [5.74, 6) is 0. The smallest absolute Gasteiger partial charge is 0.227 e. The average molecular weight is 375 g/mol. The Balaban J connectivity index is 1.75. The van der Waals surface area contributed by atoms with Gasteiger partial charge < -0.3 is 4.42 Å². The van der Waals surface area contributed by atoms with Gasteiger partial charge in [0.25, 0.3) is 0 Å². The molecule has 0 atom stereocenters. The summed E-state index contributed by atoms with van der Waals surface area (Å²) in [5.41, 5.74) is 6.41. The molecule has 6 rings (SSSR count). The van der Waals surface area contributed by atoms with Crippen LogP contribution in [0.3, 0.4) is 0 Å². The van der Waals surface area contributed by atoms with E-state index in [1.807, 2.05) is 19.1 Å². The zero-order valence-electron chi connectivity index (χ0n) is 16.1. The minimum atomic E-state index is 0.660. The highest BCUT2D eigenvalue weighted by molar-refractivity contribution is 6.14. The van der Waals surface area contributed by atoms with Crippen molar-refractivity contribution in [3.8, 4) is 11.3 Å². The van der Waals surface area contributed by atoms with Crippen molar-refractivity contribution in [2.45, 2.75) is 13.8 Å². The van der Waals surface area contributed by atoms with Crippen molar-refractivity contribution in [3.63, 3.8) is 0 Å². The summed E-state index contributed by atoms with van der Waals surface area (Å²) in [6, 6.07) is 20.8. The van der Waals surface area contributed by atoms with Gasteiger partial charge in [-0.15, -0.1) is 0 Å². The number of nitrogens with zero attached hydrogens (tertiary/aromatic N) is 3. The molecule has 29 heavy (non-hydrogen) atoms. The second kappa shape index (κ2) is 5.85. The Morgan fingerprint density at radius 1 is 0.724 bits per heavy atom. The molecule has 138 valence electrons. The highest BCUT2D eigenvalue weighted by Crippen LogP contribution is 2.38. The number of fused-ring (bicyclic) bond motifs is 6. The van der Waals surface area contributed by atoms with Crippen molar-refractivity contribution in [1.29, 1.82) is 0 Å². The van der Waals surface area contributed by atoms with Gasteiger partial charge in [-0.1, -0.05) is 36.4 Å². The molecule has 3 aromatic heterocycles. The first kappa shape index (κ1) is 16.2. The fourth-order valence-electron chi connectivity index (χ4n) is 4.25. The molecule has 0 fully saturated rings. The van der Waals surface area contributed by atoms with Gasteiger partial charge in [0.2, 0.25) is 5.71 Å². The normalized spacial score (nSPS) is 11.8. The summed E-state index contributed by atoms with van der Waals surface area (Å²) >= 11 is 0. The zero-order chi connectivity index (χ0) is 19.5. The van der Waals surface area contributed by atoms with Crippen molar-refractivity contribution in [2.75, 3.05) is 0 Å². The molecule has 3 heterocycles. The maximum Gasteiger partial charge on any atom is 0.227 e. The van der Waals surface area contributed by atoms with Gasteiger partial charge in [0, 0.05) is 32.8 Å². The van der Waals surface area contributed by atoms with E-state index in [1.54, 1.807) is 6.33 Å². The topological polar surface area (TPSA) is 51.8 Å². The van der Waals surface area contributed by atoms with Crippen molar-refractivity contribution >= 4 is 43.7 Å². The molecule has 4 heteroatoms. The maximum atomic E-state index is 6.21. The van der Waals surface area contributed by atoms with E-state index in [-0.39, 0.29) is 0 Å². The molecule has 6 aromatic rings. The third kappa shape index (κ3) is 2.29. The largest absolute Gasteiger partial charge is 0.437 e. The lowest BCUT2D eigenvalue weighted by molar-refractivity contribution is 0.653. The van der Waals surface area contributed by atoms with Gasteiger partial charge in [-0.25, -0.2) is 15.0 Å². The number of hydrogen-bond donors (Lipinski definition) is 0. The molecule has 0 spiro atoms. The molecule has 0 bridgehead atoms. The van der Waals surface area contributed by atoms with Crippen molar-refractivity contribution in [1.82, 2.24) is 15.0 Å². The number of rotatable bonds is 1. The highest BCUT2D eigenvalue weighted by atomic mass is 16.3. The van der Waals surface area contributed by atoms with Crippen LogP contribution in [-0.4, -0.2) is 15.0 Å². The van der Waals surface area contributed by atoms with Crippen molar-refractivity contribution in [3.05, 3.63) is 78.2 Å². The molecular formula is C25H17N3O. The fourth-order valence-corrected chi connectivity index (χ4v) is 4.25. The fraction of sp³-hybridized carbons (Fsp3) is 0.0800. The number of pyridine rings is 1. The van der Waals surface area contributed by atoms with E-state index in [9.17, 15) is 0 Å². The Bertz CT molecular complexity index is 1580. The molecule has 3 aromatic carbocycles. The molecule has 0 unspecified atom stereocenters. The first-order chi connectivity index (χ1) is 14.2. The monoisotopic (exact) mass is 375 g/mol. The number of furan rings is 1. The number of benzene rings is 3. The lowest BCUT2D eigenvalue weighted by Gasteiger charge is -2.10. The van der Waals surface area contributed by atoms with Gasteiger partial charge >= 0.3 is 0 Å². The molecule has 0 aliphatic heterocycles. The Hall–Kier alpha value is -3.79. The lowest BCUT2D eigenvalue weighted by atomic mass is 9.97. The van der Waals surface area contributed by atoms with Crippen LogP contribution < -0.4 is 0 Å². The average Bonchev–Trinajstić information content (AvgIpc) is 3.11. The number of aryl methyl sites for hydroxylation is 2. The van der Waals surface area contributed by atoms with Gasteiger partial charge in [0.15, 0.2) is 0 Å². The van der Waals surface area contributed by atoms with Crippen molar-refractivity contribution in [2.24, 2.45) is 0 Å². The molecule has 0 saturated carbocycles. The van der Waals surface area contributed by atoms with Crippen LogP contribution in [0.25, 0.3) is 55.0 Å². The van der Waals surface area contributed by atoms with Crippen LogP contribution in [0.1, 0.15) is 11.3 Å². The molecule has 0 aliphatic carbocycles. The SMILES string of the molecule is Cc1ccc2c(n1)oc1c(-c3ncnc4c3cc(C)c3ccccc34)cccc12. The summed E-state index contributed by atoms with van der Waals surface area (Å²) in [6.07, 6.45) is 1.64. The minimum absolute atomic E-state index is 0.660. The summed E-state index contributed by atoms with van der Waals surface area (Å²) in [5, 5.41) is 5.45. The van der Waals surface area contributed by atoms with Gasteiger partial charge in [0.05, 0.1) is 11.2 Å². The number of aromatic nitrogens is 3. The van der Waals surface area contributed by atoms with Gasteiger partial charge in [-0.3, -0.25) is 0 Å². The number of para-hydroxylation sites is 1. The van der Waals surface area contributed by atoms with Gasteiger partial charge in [-0.2, -0.15) is 0 Å². The van der Waals surface area contributed by atoms with E-state index in [4.69, 9.17) is 4.42 Å². The molecule has 0 radical (unpaired) electrons.